The normalized spacial score (nSPS) is 27.2. The molecule has 0 radical (unpaired) electrons. The SMILES string of the molecule is CCCCNC(=O)C1=NN2[C@@H](CC(=O)NCc3ccccc3)CCC[C@]23CCC[C@H]13. The summed E-state index contributed by atoms with van der Waals surface area (Å²) in [6.07, 6.45) is 8.87. The largest absolute Gasteiger partial charge is 0.352 e. The van der Waals surface area contributed by atoms with Crippen molar-refractivity contribution in [3.63, 3.8) is 0 Å². The minimum absolute atomic E-state index is 0.00333. The van der Waals surface area contributed by atoms with E-state index in [4.69, 9.17) is 5.10 Å². The van der Waals surface area contributed by atoms with Crippen molar-refractivity contribution in [2.24, 2.45) is 11.0 Å². The first-order valence-corrected chi connectivity index (χ1v) is 11.6. The van der Waals surface area contributed by atoms with Gasteiger partial charge in [0.1, 0.15) is 5.71 Å². The van der Waals surface area contributed by atoms with Crippen LogP contribution in [0.25, 0.3) is 0 Å². The van der Waals surface area contributed by atoms with Crippen molar-refractivity contribution in [1.82, 2.24) is 15.6 Å². The van der Waals surface area contributed by atoms with Gasteiger partial charge in [-0.2, -0.15) is 5.10 Å². The van der Waals surface area contributed by atoms with Gasteiger partial charge in [-0.25, -0.2) is 0 Å². The van der Waals surface area contributed by atoms with Gasteiger partial charge in [0.15, 0.2) is 0 Å². The number of hydrogen-bond acceptors (Lipinski definition) is 4. The monoisotopic (exact) mass is 410 g/mol. The van der Waals surface area contributed by atoms with Crippen molar-refractivity contribution in [3.8, 4) is 0 Å². The molecule has 1 aromatic carbocycles. The second-order valence-electron chi connectivity index (χ2n) is 9.00. The Morgan fingerprint density at radius 2 is 1.90 bits per heavy atom. The maximum atomic E-state index is 12.8. The van der Waals surface area contributed by atoms with E-state index in [1.54, 1.807) is 0 Å². The van der Waals surface area contributed by atoms with Crippen LogP contribution in [0, 0.1) is 5.92 Å². The number of hydrazone groups is 1. The molecular formula is C24H34N4O2. The van der Waals surface area contributed by atoms with Gasteiger partial charge >= 0.3 is 0 Å². The standard InChI is InChI=1S/C24H34N4O2/c1-2-3-15-25-23(30)22-20-12-8-14-24(20)13-7-11-19(28(24)27-22)16-21(29)26-17-18-9-5-4-6-10-18/h4-6,9-10,19-20H,2-3,7-8,11-17H2,1H3,(H,25,30)(H,26,29)/t19-,20-,24-/m1/s1. The zero-order valence-corrected chi connectivity index (χ0v) is 18.0. The highest BCUT2D eigenvalue weighted by Gasteiger charge is 2.58. The number of amides is 2. The van der Waals surface area contributed by atoms with Gasteiger partial charge in [-0.3, -0.25) is 14.6 Å². The number of nitrogens with one attached hydrogen (secondary N) is 2. The van der Waals surface area contributed by atoms with Gasteiger partial charge in [-0.15, -0.1) is 0 Å². The Bertz CT molecular complexity index is 794. The van der Waals surface area contributed by atoms with Gasteiger partial charge in [-0.1, -0.05) is 50.1 Å². The molecule has 1 saturated heterocycles. The number of unbranched alkanes of at least 4 members (excludes halogenated alkanes) is 1. The highest BCUT2D eigenvalue weighted by Crippen LogP contribution is 2.52. The van der Waals surface area contributed by atoms with E-state index in [1.807, 2.05) is 30.3 Å². The summed E-state index contributed by atoms with van der Waals surface area (Å²) in [6.45, 7) is 3.38. The first kappa shape index (κ1) is 20.9. The van der Waals surface area contributed by atoms with Gasteiger partial charge in [0.25, 0.3) is 5.91 Å². The number of benzene rings is 1. The first-order chi connectivity index (χ1) is 14.6. The maximum absolute atomic E-state index is 12.8. The summed E-state index contributed by atoms with van der Waals surface area (Å²) >= 11 is 0. The molecule has 1 spiro atoms. The van der Waals surface area contributed by atoms with Crippen molar-refractivity contribution < 1.29 is 9.59 Å². The Balaban J connectivity index is 1.43. The number of rotatable bonds is 8. The Labute approximate surface area is 179 Å². The van der Waals surface area contributed by atoms with E-state index in [2.05, 4.69) is 22.6 Å². The van der Waals surface area contributed by atoms with Crippen molar-refractivity contribution in [1.29, 1.82) is 0 Å². The minimum atomic E-state index is -0.0416. The van der Waals surface area contributed by atoms with Crippen LogP contribution in [-0.2, 0) is 16.1 Å². The highest BCUT2D eigenvalue weighted by atomic mass is 16.2. The number of hydrogen-bond donors (Lipinski definition) is 2. The number of carbonyl (C=O) groups excluding carboxylic acids is 2. The van der Waals surface area contributed by atoms with Crippen LogP contribution in [0.4, 0.5) is 0 Å². The molecule has 2 N–H and O–H groups in total. The zero-order valence-electron chi connectivity index (χ0n) is 18.0. The molecule has 1 saturated carbocycles. The molecule has 4 rings (SSSR count). The molecule has 30 heavy (non-hydrogen) atoms. The lowest BCUT2D eigenvalue weighted by atomic mass is 9.76. The van der Waals surface area contributed by atoms with Gasteiger partial charge < -0.3 is 10.6 Å². The van der Waals surface area contributed by atoms with Crippen LogP contribution in [0.3, 0.4) is 0 Å². The van der Waals surface area contributed by atoms with E-state index in [1.165, 1.54) is 0 Å². The molecule has 0 unspecified atom stereocenters. The molecule has 6 heteroatoms. The van der Waals surface area contributed by atoms with E-state index >= 15 is 0 Å². The third kappa shape index (κ3) is 4.09. The van der Waals surface area contributed by atoms with Crippen LogP contribution < -0.4 is 10.6 Å². The van der Waals surface area contributed by atoms with Crippen LogP contribution in [0.1, 0.15) is 70.3 Å². The quantitative estimate of drug-likeness (QED) is 0.646. The van der Waals surface area contributed by atoms with E-state index in [-0.39, 0.29) is 29.3 Å². The van der Waals surface area contributed by atoms with Crippen LogP contribution in [-0.4, -0.2) is 40.7 Å². The molecule has 1 aliphatic carbocycles. The molecular weight excluding hydrogens is 376 g/mol. The Morgan fingerprint density at radius 3 is 2.67 bits per heavy atom. The van der Waals surface area contributed by atoms with E-state index in [9.17, 15) is 9.59 Å². The maximum Gasteiger partial charge on any atom is 0.267 e. The summed E-state index contributed by atoms with van der Waals surface area (Å²) < 4.78 is 0. The summed E-state index contributed by atoms with van der Waals surface area (Å²) in [5.41, 5.74) is 1.77. The van der Waals surface area contributed by atoms with Crippen molar-refractivity contribution in [2.45, 2.75) is 82.8 Å². The minimum Gasteiger partial charge on any atom is -0.352 e. The predicted octanol–water partition coefficient (Wildman–Crippen LogP) is 3.37. The molecule has 6 nitrogen and oxygen atoms in total. The van der Waals surface area contributed by atoms with Crippen molar-refractivity contribution in [2.75, 3.05) is 6.54 Å². The molecule has 162 valence electrons. The topological polar surface area (TPSA) is 73.8 Å². The fourth-order valence-corrected chi connectivity index (χ4v) is 5.58. The third-order valence-corrected chi connectivity index (χ3v) is 7.05. The Morgan fingerprint density at radius 1 is 1.13 bits per heavy atom. The fraction of sp³-hybridized carbons (Fsp3) is 0.625. The van der Waals surface area contributed by atoms with Crippen LogP contribution in [0.15, 0.2) is 35.4 Å². The van der Waals surface area contributed by atoms with Gasteiger partial charge in [0, 0.05) is 25.4 Å². The second-order valence-corrected chi connectivity index (χ2v) is 9.00. The first-order valence-electron chi connectivity index (χ1n) is 11.6. The summed E-state index contributed by atoms with van der Waals surface area (Å²) in [5, 5.41) is 13.2. The van der Waals surface area contributed by atoms with Gasteiger partial charge in [-0.05, 0) is 44.1 Å². The predicted molar refractivity (Wildman–Crippen MR) is 118 cm³/mol. The molecule has 0 bridgehead atoms. The molecule has 2 heterocycles. The zero-order chi connectivity index (χ0) is 21.0. The Hall–Kier alpha value is -2.37. The smallest absolute Gasteiger partial charge is 0.267 e. The van der Waals surface area contributed by atoms with Crippen LogP contribution in [0.2, 0.25) is 0 Å². The third-order valence-electron chi connectivity index (χ3n) is 7.05. The average Bonchev–Trinajstić information content (AvgIpc) is 3.30. The van der Waals surface area contributed by atoms with Crippen LogP contribution >= 0.6 is 0 Å². The average molecular weight is 411 g/mol. The summed E-state index contributed by atoms with van der Waals surface area (Å²) in [6, 6.07) is 10.1. The van der Waals surface area contributed by atoms with E-state index < -0.39 is 0 Å². The molecule has 2 fully saturated rings. The van der Waals surface area contributed by atoms with Crippen molar-refractivity contribution in [3.05, 3.63) is 35.9 Å². The Kier molecular flexibility index (Phi) is 6.40. The fourth-order valence-electron chi connectivity index (χ4n) is 5.58. The molecule has 2 amide bonds. The molecule has 3 atom stereocenters. The molecule has 1 aromatic rings. The molecule has 2 aliphatic heterocycles. The van der Waals surface area contributed by atoms with E-state index in [0.29, 0.717) is 25.2 Å². The summed E-state index contributed by atoms with van der Waals surface area (Å²) in [5.74, 6) is 0.275. The molecule has 0 aromatic heterocycles. The highest BCUT2D eigenvalue weighted by molar-refractivity contribution is 6.40. The lowest BCUT2D eigenvalue weighted by Gasteiger charge is -2.46. The van der Waals surface area contributed by atoms with E-state index in [0.717, 1.165) is 56.9 Å². The van der Waals surface area contributed by atoms with Crippen molar-refractivity contribution >= 4 is 17.5 Å². The number of nitrogens with zero attached hydrogens (tertiary/aromatic N) is 2. The number of piperidine rings is 1. The van der Waals surface area contributed by atoms with Gasteiger partial charge in [0.05, 0.1) is 11.6 Å². The number of carbonyl (C=O) groups is 2. The summed E-state index contributed by atoms with van der Waals surface area (Å²) in [7, 11) is 0. The van der Waals surface area contributed by atoms with Gasteiger partial charge in [0.2, 0.25) is 5.91 Å². The second kappa shape index (κ2) is 9.19. The van der Waals surface area contributed by atoms with Crippen LogP contribution in [0.5, 0.6) is 0 Å². The summed E-state index contributed by atoms with van der Waals surface area (Å²) in [4.78, 5) is 25.5. The molecule has 3 aliphatic rings. The lowest BCUT2D eigenvalue weighted by molar-refractivity contribution is -0.124. The lowest BCUT2D eigenvalue weighted by Crippen LogP contribution is -2.54.